The van der Waals surface area contributed by atoms with Gasteiger partial charge in [0.25, 0.3) is 0 Å². The van der Waals surface area contributed by atoms with Crippen molar-refractivity contribution >= 4 is 5.69 Å². The smallest absolute Gasteiger partial charge is 0.128 e. The van der Waals surface area contributed by atoms with Gasteiger partial charge in [-0.05, 0) is 45.5 Å². The first kappa shape index (κ1) is 15.3. The Morgan fingerprint density at radius 3 is 2.65 bits per heavy atom. The minimum absolute atomic E-state index is 0.0321. The number of nitrogens with two attached hydrogens (primary N) is 1. The molecular weight excluding hydrogens is 253 g/mol. The van der Waals surface area contributed by atoms with Crippen molar-refractivity contribution in [3.05, 3.63) is 29.6 Å². The SMILES string of the molecule is CC(N)Cc1c(F)cccc1N1CC(C)C(N(C)C)C1. The van der Waals surface area contributed by atoms with Crippen molar-refractivity contribution in [2.75, 3.05) is 32.1 Å². The zero-order chi connectivity index (χ0) is 14.9. The fraction of sp³-hybridized carbons (Fsp3) is 0.625. The summed E-state index contributed by atoms with van der Waals surface area (Å²) in [6.07, 6.45) is 0.583. The number of hydrogen-bond donors (Lipinski definition) is 1. The molecule has 3 atom stereocenters. The highest BCUT2D eigenvalue weighted by atomic mass is 19.1. The number of benzene rings is 1. The second-order valence-corrected chi connectivity index (χ2v) is 6.33. The van der Waals surface area contributed by atoms with Crippen LogP contribution in [-0.4, -0.2) is 44.2 Å². The van der Waals surface area contributed by atoms with Gasteiger partial charge >= 0.3 is 0 Å². The van der Waals surface area contributed by atoms with Crippen LogP contribution in [0.5, 0.6) is 0 Å². The van der Waals surface area contributed by atoms with Gasteiger partial charge in [-0.3, -0.25) is 0 Å². The quantitative estimate of drug-likeness (QED) is 0.916. The van der Waals surface area contributed by atoms with Gasteiger partial charge in [-0.15, -0.1) is 0 Å². The summed E-state index contributed by atoms with van der Waals surface area (Å²) in [6.45, 7) is 6.10. The van der Waals surface area contributed by atoms with Gasteiger partial charge in [0.15, 0.2) is 0 Å². The summed E-state index contributed by atoms with van der Waals surface area (Å²) in [5.41, 5.74) is 7.64. The summed E-state index contributed by atoms with van der Waals surface area (Å²) >= 11 is 0. The molecule has 4 heteroatoms. The Labute approximate surface area is 121 Å². The molecule has 1 aliphatic heterocycles. The number of nitrogens with zero attached hydrogens (tertiary/aromatic N) is 2. The Balaban J connectivity index is 2.27. The molecule has 2 rings (SSSR count). The summed E-state index contributed by atoms with van der Waals surface area (Å²) in [5, 5.41) is 0. The lowest BCUT2D eigenvalue weighted by atomic mass is 10.0. The molecule has 1 heterocycles. The summed E-state index contributed by atoms with van der Waals surface area (Å²) in [6, 6.07) is 5.83. The number of hydrogen-bond acceptors (Lipinski definition) is 3. The molecule has 0 aliphatic carbocycles. The van der Waals surface area contributed by atoms with E-state index >= 15 is 0 Å². The van der Waals surface area contributed by atoms with E-state index in [0.717, 1.165) is 24.3 Å². The van der Waals surface area contributed by atoms with E-state index in [2.05, 4.69) is 30.8 Å². The van der Waals surface area contributed by atoms with Crippen LogP contribution < -0.4 is 10.6 Å². The van der Waals surface area contributed by atoms with Crippen LogP contribution in [0.4, 0.5) is 10.1 Å². The zero-order valence-electron chi connectivity index (χ0n) is 12.9. The van der Waals surface area contributed by atoms with Crippen molar-refractivity contribution in [3.63, 3.8) is 0 Å². The predicted octanol–water partition coefficient (Wildman–Crippen LogP) is 2.10. The summed E-state index contributed by atoms with van der Waals surface area (Å²) < 4.78 is 14.1. The molecule has 3 nitrogen and oxygen atoms in total. The number of rotatable bonds is 4. The maximum atomic E-state index is 14.1. The highest BCUT2D eigenvalue weighted by molar-refractivity contribution is 5.55. The molecule has 1 aromatic carbocycles. The van der Waals surface area contributed by atoms with Crippen molar-refractivity contribution in [2.24, 2.45) is 11.7 Å². The molecule has 1 fully saturated rings. The second kappa shape index (κ2) is 6.10. The predicted molar refractivity (Wildman–Crippen MR) is 82.6 cm³/mol. The first-order valence-electron chi connectivity index (χ1n) is 7.34. The molecule has 0 amide bonds. The fourth-order valence-electron chi connectivity index (χ4n) is 3.19. The maximum Gasteiger partial charge on any atom is 0.128 e. The highest BCUT2D eigenvalue weighted by Crippen LogP contribution is 2.30. The van der Waals surface area contributed by atoms with Gasteiger partial charge in [0.1, 0.15) is 5.82 Å². The fourth-order valence-corrected chi connectivity index (χ4v) is 3.19. The highest BCUT2D eigenvalue weighted by Gasteiger charge is 2.32. The Morgan fingerprint density at radius 1 is 1.40 bits per heavy atom. The van der Waals surface area contributed by atoms with Gasteiger partial charge in [-0.25, -0.2) is 4.39 Å². The van der Waals surface area contributed by atoms with E-state index in [1.165, 1.54) is 6.07 Å². The van der Waals surface area contributed by atoms with Crippen LogP contribution in [0.1, 0.15) is 19.4 Å². The van der Waals surface area contributed by atoms with Gasteiger partial charge in [0.2, 0.25) is 0 Å². The van der Waals surface area contributed by atoms with Gasteiger partial charge in [-0.2, -0.15) is 0 Å². The van der Waals surface area contributed by atoms with Crippen LogP contribution in [-0.2, 0) is 6.42 Å². The van der Waals surface area contributed by atoms with Crippen LogP contribution in [0.2, 0.25) is 0 Å². The lowest BCUT2D eigenvalue weighted by Gasteiger charge is -2.25. The van der Waals surface area contributed by atoms with Crippen LogP contribution in [0.3, 0.4) is 0 Å². The standard InChI is InChI=1S/C16H26FN3/c1-11-9-20(10-16(11)19(3)4)15-7-5-6-14(17)13(15)8-12(2)18/h5-7,11-12,16H,8-10,18H2,1-4H3. The second-order valence-electron chi connectivity index (χ2n) is 6.33. The lowest BCUT2D eigenvalue weighted by molar-refractivity contribution is 0.266. The number of halogens is 1. The van der Waals surface area contributed by atoms with Crippen LogP contribution in [0.15, 0.2) is 18.2 Å². The monoisotopic (exact) mass is 279 g/mol. The zero-order valence-corrected chi connectivity index (χ0v) is 12.9. The Morgan fingerprint density at radius 2 is 2.10 bits per heavy atom. The third-order valence-corrected chi connectivity index (χ3v) is 4.20. The van der Waals surface area contributed by atoms with E-state index in [1.54, 1.807) is 6.07 Å². The van der Waals surface area contributed by atoms with Crippen LogP contribution in [0, 0.1) is 11.7 Å². The van der Waals surface area contributed by atoms with Gasteiger partial charge in [0, 0.05) is 36.4 Å². The molecule has 112 valence electrons. The van der Waals surface area contributed by atoms with Gasteiger partial charge in [-0.1, -0.05) is 13.0 Å². The molecule has 1 aliphatic rings. The molecule has 1 aromatic rings. The molecule has 0 aromatic heterocycles. The Hall–Kier alpha value is -1.13. The third-order valence-electron chi connectivity index (χ3n) is 4.20. The van der Waals surface area contributed by atoms with Gasteiger partial charge < -0.3 is 15.5 Å². The molecule has 0 bridgehead atoms. The first-order chi connectivity index (χ1) is 9.40. The first-order valence-corrected chi connectivity index (χ1v) is 7.34. The number of likely N-dealkylation sites (N-methyl/N-ethyl adjacent to an activating group) is 1. The van der Waals surface area contributed by atoms with Crippen molar-refractivity contribution < 1.29 is 4.39 Å². The van der Waals surface area contributed by atoms with Crippen molar-refractivity contribution in [1.82, 2.24) is 4.90 Å². The maximum absolute atomic E-state index is 14.1. The molecule has 1 saturated heterocycles. The van der Waals surface area contributed by atoms with Crippen LogP contribution in [0.25, 0.3) is 0 Å². The van der Waals surface area contributed by atoms with E-state index in [9.17, 15) is 4.39 Å². The molecule has 3 unspecified atom stereocenters. The topological polar surface area (TPSA) is 32.5 Å². The van der Waals surface area contributed by atoms with Gasteiger partial charge in [0.05, 0.1) is 0 Å². The third kappa shape index (κ3) is 3.13. The molecular formula is C16H26FN3. The average molecular weight is 279 g/mol. The van der Waals surface area contributed by atoms with E-state index in [4.69, 9.17) is 5.73 Å². The molecule has 0 radical (unpaired) electrons. The summed E-state index contributed by atoms with van der Waals surface area (Å²) in [5.74, 6) is 0.442. The number of anilines is 1. The van der Waals surface area contributed by atoms with E-state index < -0.39 is 0 Å². The Bertz CT molecular complexity index is 459. The van der Waals surface area contributed by atoms with Crippen LogP contribution >= 0.6 is 0 Å². The normalized spacial score (nSPS) is 24.4. The average Bonchev–Trinajstić information content (AvgIpc) is 2.73. The van der Waals surface area contributed by atoms with E-state index in [1.807, 2.05) is 13.0 Å². The van der Waals surface area contributed by atoms with E-state index in [0.29, 0.717) is 18.4 Å². The summed E-state index contributed by atoms with van der Waals surface area (Å²) in [7, 11) is 4.22. The largest absolute Gasteiger partial charge is 0.369 e. The molecule has 20 heavy (non-hydrogen) atoms. The Kier molecular flexibility index (Phi) is 4.66. The summed E-state index contributed by atoms with van der Waals surface area (Å²) in [4.78, 5) is 4.56. The minimum Gasteiger partial charge on any atom is -0.369 e. The van der Waals surface area contributed by atoms with Crippen molar-refractivity contribution in [3.8, 4) is 0 Å². The van der Waals surface area contributed by atoms with Crippen molar-refractivity contribution in [2.45, 2.75) is 32.4 Å². The molecule has 2 N–H and O–H groups in total. The molecule has 0 saturated carbocycles. The lowest BCUT2D eigenvalue weighted by Crippen LogP contribution is -2.34. The molecule has 0 spiro atoms. The van der Waals surface area contributed by atoms with Crippen molar-refractivity contribution in [1.29, 1.82) is 0 Å². The minimum atomic E-state index is -0.138. The van der Waals surface area contributed by atoms with E-state index in [-0.39, 0.29) is 11.9 Å².